The van der Waals surface area contributed by atoms with Gasteiger partial charge >= 0.3 is 5.97 Å². The Morgan fingerprint density at radius 3 is 2.31 bits per heavy atom. The molecule has 0 aromatic heterocycles. The van der Waals surface area contributed by atoms with Crippen LogP contribution in [-0.2, 0) is 9.53 Å². The molecule has 0 spiro atoms. The molecule has 1 rings (SSSR count). The zero-order valence-corrected chi connectivity index (χ0v) is 8.70. The van der Waals surface area contributed by atoms with Crippen LogP contribution < -0.4 is 0 Å². The Morgan fingerprint density at radius 2 is 2.00 bits per heavy atom. The SMILES string of the molecule is C[C@H]1[C@@H](CO)[C@@H]1C(=O)OC(C)(C)C. The maximum Gasteiger partial charge on any atom is 0.310 e. The average molecular weight is 186 g/mol. The molecule has 76 valence electrons. The second-order valence-electron chi connectivity index (χ2n) is 4.76. The zero-order chi connectivity index (χ0) is 10.2. The predicted octanol–water partition coefficient (Wildman–Crippen LogP) is 1.20. The molecule has 3 nitrogen and oxygen atoms in total. The van der Waals surface area contributed by atoms with Gasteiger partial charge in [0.1, 0.15) is 5.60 Å². The first-order chi connectivity index (χ1) is 5.87. The van der Waals surface area contributed by atoms with Crippen molar-refractivity contribution in [3.8, 4) is 0 Å². The van der Waals surface area contributed by atoms with Crippen LogP contribution in [0.4, 0.5) is 0 Å². The van der Waals surface area contributed by atoms with E-state index in [2.05, 4.69) is 0 Å². The average Bonchev–Trinajstić information content (AvgIpc) is 2.57. The molecule has 1 N–H and O–H groups in total. The van der Waals surface area contributed by atoms with Crippen LogP contribution in [0.25, 0.3) is 0 Å². The van der Waals surface area contributed by atoms with E-state index in [0.717, 1.165) is 0 Å². The molecule has 0 aromatic carbocycles. The Morgan fingerprint density at radius 1 is 1.46 bits per heavy atom. The monoisotopic (exact) mass is 186 g/mol. The van der Waals surface area contributed by atoms with Crippen molar-refractivity contribution >= 4 is 5.97 Å². The van der Waals surface area contributed by atoms with Gasteiger partial charge in [-0.2, -0.15) is 0 Å². The van der Waals surface area contributed by atoms with Crippen molar-refractivity contribution < 1.29 is 14.6 Å². The molecule has 0 aromatic rings. The lowest BCUT2D eigenvalue weighted by Crippen LogP contribution is -2.25. The van der Waals surface area contributed by atoms with E-state index < -0.39 is 5.60 Å². The molecule has 1 aliphatic rings. The van der Waals surface area contributed by atoms with Crippen molar-refractivity contribution in [2.75, 3.05) is 6.61 Å². The third kappa shape index (κ3) is 2.44. The van der Waals surface area contributed by atoms with Crippen LogP contribution in [0.2, 0.25) is 0 Å². The first-order valence-corrected chi connectivity index (χ1v) is 4.70. The van der Waals surface area contributed by atoms with Crippen molar-refractivity contribution in [1.82, 2.24) is 0 Å². The minimum atomic E-state index is -0.417. The van der Waals surface area contributed by atoms with Gasteiger partial charge < -0.3 is 9.84 Å². The van der Waals surface area contributed by atoms with Gasteiger partial charge in [0.05, 0.1) is 5.92 Å². The van der Waals surface area contributed by atoms with Gasteiger partial charge in [0.25, 0.3) is 0 Å². The fourth-order valence-corrected chi connectivity index (χ4v) is 1.58. The summed E-state index contributed by atoms with van der Waals surface area (Å²) in [5.74, 6) is 0.151. The van der Waals surface area contributed by atoms with E-state index in [1.165, 1.54) is 0 Å². The largest absolute Gasteiger partial charge is 0.460 e. The zero-order valence-electron chi connectivity index (χ0n) is 8.70. The normalized spacial score (nSPS) is 32.8. The van der Waals surface area contributed by atoms with E-state index >= 15 is 0 Å². The number of aliphatic hydroxyl groups excluding tert-OH is 1. The molecule has 0 aliphatic heterocycles. The summed E-state index contributed by atoms with van der Waals surface area (Å²) < 4.78 is 5.21. The number of aliphatic hydroxyl groups is 1. The molecule has 1 saturated carbocycles. The van der Waals surface area contributed by atoms with Crippen molar-refractivity contribution in [3.63, 3.8) is 0 Å². The van der Waals surface area contributed by atoms with Crippen LogP contribution >= 0.6 is 0 Å². The lowest BCUT2D eigenvalue weighted by Gasteiger charge is -2.19. The summed E-state index contributed by atoms with van der Waals surface area (Å²) >= 11 is 0. The Kier molecular flexibility index (Phi) is 2.66. The first kappa shape index (κ1) is 10.5. The van der Waals surface area contributed by atoms with E-state index in [0.29, 0.717) is 0 Å². The Hall–Kier alpha value is -0.570. The summed E-state index contributed by atoms with van der Waals surface area (Å²) in [5.41, 5.74) is -0.417. The molecular formula is C10H18O3. The molecule has 13 heavy (non-hydrogen) atoms. The second-order valence-corrected chi connectivity index (χ2v) is 4.76. The van der Waals surface area contributed by atoms with Crippen LogP contribution in [-0.4, -0.2) is 23.3 Å². The summed E-state index contributed by atoms with van der Waals surface area (Å²) in [4.78, 5) is 11.5. The van der Waals surface area contributed by atoms with E-state index in [-0.39, 0.29) is 30.3 Å². The number of rotatable bonds is 2. The smallest absolute Gasteiger partial charge is 0.310 e. The molecular weight excluding hydrogens is 168 g/mol. The summed E-state index contributed by atoms with van der Waals surface area (Å²) in [6.45, 7) is 7.62. The Balaban J connectivity index is 2.43. The Bertz CT molecular complexity index is 205. The third-order valence-corrected chi connectivity index (χ3v) is 2.45. The summed E-state index contributed by atoms with van der Waals surface area (Å²) in [7, 11) is 0. The number of ether oxygens (including phenoxy) is 1. The van der Waals surface area contributed by atoms with Crippen molar-refractivity contribution in [2.24, 2.45) is 17.8 Å². The highest BCUT2D eigenvalue weighted by Gasteiger charge is 2.52. The molecule has 1 fully saturated rings. The Labute approximate surface area is 79.1 Å². The van der Waals surface area contributed by atoms with Gasteiger partial charge in [-0.3, -0.25) is 4.79 Å². The van der Waals surface area contributed by atoms with Gasteiger partial charge in [-0.1, -0.05) is 6.92 Å². The van der Waals surface area contributed by atoms with E-state index in [9.17, 15) is 4.79 Å². The van der Waals surface area contributed by atoms with Crippen LogP contribution in [0.1, 0.15) is 27.7 Å². The number of hydrogen-bond donors (Lipinski definition) is 1. The van der Waals surface area contributed by atoms with Crippen LogP contribution in [0.15, 0.2) is 0 Å². The molecule has 0 bridgehead atoms. The molecule has 0 saturated heterocycles. The molecule has 0 unspecified atom stereocenters. The molecule has 1 aliphatic carbocycles. The van der Waals surface area contributed by atoms with Crippen LogP contribution in [0.3, 0.4) is 0 Å². The highest BCUT2D eigenvalue weighted by molar-refractivity contribution is 5.76. The van der Waals surface area contributed by atoms with Crippen LogP contribution in [0, 0.1) is 17.8 Å². The van der Waals surface area contributed by atoms with Gasteiger partial charge in [-0.15, -0.1) is 0 Å². The number of hydrogen-bond acceptors (Lipinski definition) is 3. The topological polar surface area (TPSA) is 46.5 Å². The lowest BCUT2D eigenvalue weighted by atomic mass is 10.2. The van der Waals surface area contributed by atoms with Crippen molar-refractivity contribution in [1.29, 1.82) is 0 Å². The lowest BCUT2D eigenvalue weighted by molar-refractivity contribution is -0.157. The number of esters is 1. The molecule has 0 heterocycles. The van der Waals surface area contributed by atoms with E-state index in [1.807, 2.05) is 27.7 Å². The predicted molar refractivity (Wildman–Crippen MR) is 49.1 cm³/mol. The van der Waals surface area contributed by atoms with Crippen molar-refractivity contribution in [3.05, 3.63) is 0 Å². The highest BCUT2D eigenvalue weighted by atomic mass is 16.6. The van der Waals surface area contributed by atoms with Gasteiger partial charge in [-0.05, 0) is 32.6 Å². The van der Waals surface area contributed by atoms with Gasteiger partial charge in [0.2, 0.25) is 0 Å². The minimum absolute atomic E-state index is 0.0794. The number of carbonyl (C=O) groups excluding carboxylic acids is 1. The summed E-state index contributed by atoms with van der Waals surface area (Å²) in [6, 6.07) is 0. The standard InChI is InChI=1S/C10H18O3/c1-6-7(5-11)8(6)9(12)13-10(2,3)4/h6-8,11H,5H2,1-4H3/t6-,7+,8+/m0/s1. The quantitative estimate of drug-likeness (QED) is 0.659. The maximum atomic E-state index is 11.5. The molecule has 3 atom stereocenters. The summed E-state index contributed by atoms with van der Waals surface area (Å²) in [6.07, 6.45) is 0. The van der Waals surface area contributed by atoms with Crippen LogP contribution in [0.5, 0.6) is 0 Å². The highest BCUT2D eigenvalue weighted by Crippen LogP contribution is 2.46. The van der Waals surface area contributed by atoms with E-state index in [4.69, 9.17) is 9.84 Å². The maximum absolute atomic E-state index is 11.5. The molecule has 3 heteroatoms. The second kappa shape index (κ2) is 3.29. The fourth-order valence-electron chi connectivity index (χ4n) is 1.58. The van der Waals surface area contributed by atoms with E-state index in [1.54, 1.807) is 0 Å². The van der Waals surface area contributed by atoms with Crippen molar-refractivity contribution in [2.45, 2.75) is 33.3 Å². The molecule has 0 amide bonds. The minimum Gasteiger partial charge on any atom is -0.460 e. The van der Waals surface area contributed by atoms with Gasteiger partial charge in [0.15, 0.2) is 0 Å². The number of carbonyl (C=O) groups is 1. The third-order valence-electron chi connectivity index (χ3n) is 2.45. The molecule has 0 radical (unpaired) electrons. The first-order valence-electron chi connectivity index (χ1n) is 4.70. The van der Waals surface area contributed by atoms with Gasteiger partial charge in [0, 0.05) is 6.61 Å². The summed E-state index contributed by atoms with van der Waals surface area (Å²) in [5, 5.41) is 8.89. The fraction of sp³-hybridized carbons (Fsp3) is 0.900. The van der Waals surface area contributed by atoms with Gasteiger partial charge in [-0.25, -0.2) is 0 Å².